The third-order valence-electron chi connectivity index (χ3n) is 1.47. The molecule has 2 heterocycles. The second-order valence-corrected chi connectivity index (χ2v) is 2.27. The highest BCUT2D eigenvalue weighted by molar-refractivity contribution is 5.55. The van der Waals surface area contributed by atoms with Crippen LogP contribution in [0.25, 0.3) is 0 Å². The Labute approximate surface area is 59.0 Å². The first kappa shape index (κ1) is 5.53. The molecule has 1 aliphatic rings. The fraction of sp³-hybridized carbons (Fsp3) is 0.286. The van der Waals surface area contributed by atoms with Gasteiger partial charge in [-0.15, -0.1) is 0 Å². The lowest BCUT2D eigenvalue weighted by Gasteiger charge is -1.95. The van der Waals surface area contributed by atoms with Gasteiger partial charge in [0.25, 0.3) is 0 Å². The summed E-state index contributed by atoms with van der Waals surface area (Å²) in [4.78, 5) is 4.17. The summed E-state index contributed by atoms with van der Waals surface area (Å²) in [6.45, 7) is 2.49. The summed E-state index contributed by atoms with van der Waals surface area (Å²) in [6, 6.07) is 3.94. The first-order chi connectivity index (χ1) is 4.86. The van der Waals surface area contributed by atoms with E-state index in [0.29, 0.717) is 6.73 Å². The van der Waals surface area contributed by atoms with Gasteiger partial charge >= 0.3 is 0 Å². The van der Waals surface area contributed by atoms with Gasteiger partial charge in [-0.25, -0.2) is 4.98 Å². The van der Waals surface area contributed by atoms with Gasteiger partial charge in [-0.3, -0.25) is 0 Å². The Bertz CT molecular complexity index is 260. The molecule has 0 saturated heterocycles. The number of ether oxygens (including phenoxy) is 1. The third kappa shape index (κ3) is 0.708. The standard InChI is InChI=1S/C7H8N2O/c1-5-2-3-6-7(9-5)10-4-8-6/h2-3,8H,4H2,1H3. The number of aryl methyl sites for hydroxylation is 1. The molecular weight excluding hydrogens is 128 g/mol. The van der Waals surface area contributed by atoms with Crippen molar-refractivity contribution in [3.63, 3.8) is 0 Å². The highest BCUT2D eigenvalue weighted by atomic mass is 16.5. The molecule has 52 valence electrons. The van der Waals surface area contributed by atoms with Crippen molar-refractivity contribution in [1.29, 1.82) is 0 Å². The molecule has 0 aromatic carbocycles. The summed E-state index contributed by atoms with van der Waals surface area (Å²) in [5.41, 5.74) is 1.98. The summed E-state index contributed by atoms with van der Waals surface area (Å²) in [7, 11) is 0. The fourth-order valence-electron chi connectivity index (χ4n) is 0.960. The number of hydrogen-bond donors (Lipinski definition) is 1. The molecule has 1 aromatic rings. The maximum atomic E-state index is 5.16. The van der Waals surface area contributed by atoms with Crippen LogP contribution in [0, 0.1) is 6.92 Å². The predicted molar refractivity (Wildman–Crippen MR) is 38.1 cm³/mol. The fourth-order valence-corrected chi connectivity index (χ4v) is 0.960. The van der Waals surface area contributed by atoms with E-state index in [4.69, 9.17) is 4.74 Å². The van der Waals surface area contributed by atoms with E-state index in [9.17, 15) is 0 Å². The predicted octanol–water partition coefficient (Wildman–Crippen LogP) is 1.15. The number of nitrogens with one attached hydrogen (secondary N) is 1. The molecule has 0 atom stereocenters. The van der Waals surface area contributed by atoms with Crippen molar-refractivity contribution in [1.82, 2.24) is 4.98 Å². The molecule has 1 aromatic heterocycles. The Morgan fingerprint density at radius 2 is 2.50 bits per heavy atom. The van der Waals surface area contributed by atoms with Gasteiger partial charge in [0.1, 0.15) is 0 Å². The summed E-state index contributed by atoms with van der Waals surface area (Å²) in [6.07, 6.45) is 0. The molecule has 0 radical (unpaired) electrons. The molecule has 3 nitrogen and oxygen atoms in total. The monoisotopic (exact) mass is 136 g/mol. The molecule has 2 rings (SSSR count). The maximum Gasteiger partial charge on any atom is 0.239 e. The molecule has 10 heavy (non-hydrogen) atoms. The van der Waals surface area contributed by atoms with Gasteiger partial charge in [-0.2, -0.15) is 0 Å². The van der Waals surface area contributed by atoms with Crippen LogP contribution >= 0.6 is 0 Å². The van der Waals surface area contributed by atoms with E-state index in [-0.39, 0.29) is 0 Å². The number of pyridine rings is 1. The second kappa shape index (κ2) is 1.87. The Balaban J connectivity index is 2.52. The van der Waals surface area contributed by atoms with Crippen molar-refractivity contribution in [2.75, 3.05) is 12.0 Å². The molecule has 0 aliphatic carbocycles. The van der Waals surface area contributed by atoms with Gasteiger partial charge in [-0.05, 0) is 19.1 Å². The third-order valence-corrected chi connectivity index (χ3v) is 1.47. The van der Waals surface area contributed by atoms with E-state index in [1.807, 2.05) is 19.1 Å². The molecular formula is C7H8N2O. The molecule has 0 unspecified atom stereocenters. The number of hydrogen-bond acceptors (Lipinski definition) is 3. The zero-order chi connectivity index (χ0) is 6.97. The van der Waals surface area contributed by atoms with Crippen molar-refractivity contribution < 1.29 is 4.74 Å². The first-order valence-electron chi connectivity index (χ1n) is 3.20. The van der Waals surface area contributed by atoms with Gasteiger partial charge in [0.05, 0.1) is 5.69 Å². The van der Waals surface area contributed by atoms with Gasteiger partial charge in [-0.1, -0.05) is 0 Å². The Kier molecular flexibility index (Phi) is 1.03. The molecule has 0 saturated carbocycles. The Hall–Kier alpha value is -1.25. The van der Waals surface area contributed by atoms with Crippen LogP contribution in [0.3, 0.4) is 0 Å². The molecule has 3 heteroatoms. The van der Waals surface area contributed by atoms with Gasteiger partial charge in [0, 0.05) is 5.69 Å². The highest BCUT2D eigenvalue weighted by Gasteiger charge is 2.10. The normalized spacial score (nSPS) is 13.7. The number of aromatic nitrogens is 1. The van der Waals surface area contributed by atoms with Gasteiger partial charge < -0.3 is 10.1 Å². The van der Waals surface area contributed by atoms with Crippen molar-refractivity contribution in [3.8, 4) is 5.88 Å². The van der Waals surface area contributed by atoms with E-state index >= 15 is 0 Å². The zero-order valence-electron chi connectivity index (χ0n) is 5.72. The van der Waals surface area contributed by atoms with Gasteiger partial charge in [0.2, 0.25) is 5.88 Å². The topological polar surface area (TPSA) is 34.1 Å². The molecule has 1 N–H and O–H groups in total. The lowest BCUT2D eigenvalue weighted by Crippen LogP contribution is -1.96. The highest BCUT2D eigenvalue weighted by Crippen LogP contribution is 2.25. The van der Waals surface area contributed by atoms with Crippen molar-refractivity contribution in [2.45, 2.75) is 6.92 Å². The van der Waals surface area contributed by atoms with Crippen LogP contribution in [0.2, 0.25) is 0 Å². The molecule has 1 aliphatic heterocycles. The van der Waals surface area contributed by atoms with Crippen LogP contribution in [-0.2, 0) is 0 Å². The first-order valence-corrected chi connectivity index (χ1v) is 3.20. The Morgan fingerprint density at radius 3 is 3.40 bits per heavy atom. The largest absolute Gasteiger partial charge is 0.455 e. The van der Waals surface area contributed by atoms with Crippen LogP contribution < -0.4 is 10.1 Å². The van der Waals surface area contributed by atoms with E-state index in [2.05, 4.69) is 10.3 Å². The molecule has 0 fully saturated rings. The van der Waals surface area contributed by atoms with Crippen LogP contribution in [0.1, 0.15) is 5.69 Å². The summed E-state index contributed by atoms with van der Waals surface area (Å²) in [5.74, 6) is 0.722. The lowest BCUT2D eigenvalue weighted by molar-refractivity contribution is 0.359. The quantitative estimate of drug-likeness (QED) is 0.581. The van der Waals surface area contributed by atoms with E-state index in [0.717, 1.165) is 17.3 Å². The minimum Gasteiger partial charge on any atom is -0.455 e. The SMILES string of the molecule is Cc1ccc2c(n1)OCN2. The van der Waals surface area contributed by atoms with Crippen LogP contribution in [0.5, 0.6) is 5.88 Å². The average Bonchev–Trinajstić information content (AvgIpc) is 2.33. The summed E-state index contributed by atoms with van der Waals surface area (Å²) < 4.78 is 5.16. The number of rotatable bonds is 0. The summed E-state index contributed by atoms with van der Waals surface area (Å²) in [5, 5.41) is 3.04. The zero-order valence-corrected chi connectivity index (χ0v) is 5.72. The number of anilines is 1. The minimum absolute atomic E-state index is 0.547. The summed E-state index contributed by atoms with van der Waals surface area (Å²) >= 11 is 0. The minimum atomic E-state index is 0.547. The van der Waals surface area contributed by atoms with E-state index in [1.165, 1.54) is 0 Å². The van der Waals surface area contributed by atoms with Crippen LogP contribution in [0.4, 0.5) is 5.69 Å². The van der Waals surface area contributed by atoms with Crippen molar-refractivity contribution >= 4 is 5.69 Å². The van der Waals surface area contributed by atoms with Crippen LogP contribution in [-0.4, -0.2) is 11.7 Å². The van der Waals surface area contributed by atoms with E-state index < -0.39 is 0 Å². The molecule has 0 spiro atoms. The van der Waals surface area contributed by atoms with Crippen LogP contribution in [0.15, 0.2) is 12.1 Å². The molecule has 0 amide bonds. The van der Waals surface area contributed by atoms with Crippen molar-refractivity contribution in [3.05, 3.63) is 17.8 Å². The van der Waals surface area contributed by atoms with Gasteiger partial charge in [0.15, 0.2) is 6.73 Å². The smallest absolute Gasteiger partial charge is 0.239 e. The number of fused-ring (bicyclic) bond motifs is 1. The average molecular weight is 136 g/mol. The molecule has 0 bridgehead atoms. The van der Waals surface area contributed by atoms with Crippen molar-refractivity contribution in [2.24, 2.45) is 0 Å². The second-order valence-electron chi connectivity index (χ2n) is 2.27. The maximum absolute atomic E-state index is 5.16. The Morgan fingerprint density at radius 1 is 1.60 bits per heavy atom. The lowest BCUT2D eigenvalue weighted by atomic mass is 10.3. The number of nitrogens with zero attached hydrogens (tertiary/aromatic N) is 1. The van der Waals surface area contributed by atoms with E-state index in [1.54, 1.807) is 0 Å².